The van der Waals surface area contributed by atoms with Gasteiger partial charge in [-0.3, -0.25) is 9.69 Å². The standard InChI is InChI=1S/C16H22FNO3/c1-16(2,3)18(7-6-15(19)20)10-13-9-11-8-12(17)4-5-14(11)21-13/h4-5,8,13H,6-7,9-10H2,1-3H3,(H,19,20). The van der Waals surface area contributed by atoms with Gasteiger partial charge in [0.05, 0.1) is 6.42 Å². The maximum atomic E-state index is 13.2. The van der Waals surface area contributed by atoms with Gasteiger partial charge in [0.15, 0.2) is 0 Å². The molecule has 1 heterocycles. The lowest BCUT2D eigenvalue weighted by Crippen LogP contribution is -2.47. The van der Waals surface area contributed by atoms with Crippen molar-refractivity contribution in [1.82, 2.24) is 4.90 Å². The second-order valence-corrected chi connectivity index (χ2v) is 6.46. The van der Waals surface area contributed by atoms with Crippen molar-refractivity contribution in [1.29, 1.82) is 0 Å². The second-order valence-electron chi connectivity index (χ2n) is 6.46. The molecule has 116 valence electrons. The van der Waals surface area contributed by atoms with Crippen molar-refractivity contribution in [3.05, 3.63) is 29.6 Å². The molecule has 0 spiro atoms. The van der Waals surface area contributed by atoms with Crippen molar-refractivity contribution in [3.63, 3.8) is 0 Å². The molecule has 5 heteroatoms. The number of carbonyl (C=O) groups is 1. The first-order valence-electron chi connectivity index (χ1n) is 7.17. The molecule has 1 unspecified atom stereocenters. The Kier molecular flexibility index (Phi) is 4.52. The summed E-state index contributed by atoms with van der Waals surface area (Å²) in [5, 5.41) is 8.86. The van der Waals surface area contributed by atoms with Crippen LogP contribution in [-0.4, -0.2) is 40.7 Å². The molecule has 1 atom stereocenters. The number of aliphatic carboxylic acids is 1. The van der Waals surface area contributed by atoms with Crippen molar-refractivity contribution < 1.29 is 19.0 Å². The van der Waals surface area contributed by atoms with Crippen molar-refractivity contribution in [2.75, 3.05) is 13.1 Å². The van der Waals surface area contributed by atoms with E-state index in [9.17, 15) is 9.18 Å². The smallest absolute Gasteiger partial charge is 0.304 e. The molecule has 1 aromatic carbocycles. The van der Waals surface area contributed by atoms with Gasteiger partial charge in [-0.15, -0.1) is 0 Å². The molecule has 0 aliphatic carbocycles. The molecule has 1 aliphatic heterocycles. The van der Waals surface area contributed by atoms with Gasteiger partial charge in [0.2, 0.25) is 0 Å². The summed E-state index contributed by atoms with van der Waals surface area (Å²) < 4.78 is 19.1. The molecule has 0 radical (unpaired) electrons. The van der Waals surface area contributed by atoms with E-state index in [2.05, 4.69) is 25.7 Å². The first-order valence-corrected chi connectivity index (χ1v) is 7.17. The maximum Gasteiger partial charge on any atom is 0.304 e. The lowest BCUT2D eigenvalue weighted by atomic mass is 10.0. The highest BCUT2D eigenvalue weighted by atomic mass is 19.1. The zero-order valence-corrected chi connectivity index (χ0v) is 12.7. The van der Waals surface area contributed by atoms with E-state index in [4.69, 9.17) is 9.84 Å². The Balaban J connectivity index is 2.01. The van der Waals surface area contributed by atoms with Crippen molar-refractivity contribution in [2.45, 2.75) is 45.3 Å². The van der Waals surface area contributed by atoms with Crippen molar-refractivity contribution in [3.8, 4) is 5.75 Å². The molecule has 0 amide bonds. The summed E-state index contributed by atoms with van der Waals surface area (Å²) in [5.41, 5.74) is 0.742. The molecule has 0 fully saturated rings. The maximum absolute atomic E-state index is 13.2. The number of nitrogens with zero attached hydrogens (tertiary/aromatic N) is 1. The largest absolute Gasteiger partial charge is 0.488 e. The minimum atomic E-state index is -0.804. The number of rotatable bonds is 5. The van der Waals surface area contributed by atoms with Crippen LogP contribution in [0.4, 0.5) is 4.39 Å². The van der Waals surface area contributed by atoms with Crippen LogP contribution in [0.2, 0.25) is 0 Å². The Morgan fingerprint density at radius 2 is 2.19 bits per heavy atom. The van der Waals surface area contributed by atoms with E-state index >= 15 is 0 Å². The fraction of sp³-hybridized carbons (Fsp3) is 0.562. The summed E-state index contributed by atoms with van der Waals surface area (Å²) in [6, 6.07) is 4.56. The Bertz CT molecular complexity index is 525. The van der Waals surface area contributed by atoms with Crippen LogP contribution in [0.25, 0.3) is 0 Å². The van der Waals surface area contributed by atoms with E-state index in [1.165, 1.54) is 12.1 Å². The van der Waals surface area contributed by atoms with Gasteiger partial charge in [0.1, 0.15) is 17.7 Å². The Labute approximate surface area is 124 Å². The van der Waals surface area contributed by atoms with Crippen LogP contribution in [-0.2, 0) is 11.2 Å². The summed E-state index contributed by atoms with van der Waals surface area (Å²) >= 11 is 0. The van der Waals surface area contributed by atoms with Crippen molar-refractivity contribution >= 4 is 5.97 Å². The van der Waals surface area contributed by atoms with E-state index in [0.717, 1.165) is 11.3 Å². The van der Waals surface area contributed by atoms with Crippen molar-refractivity contribution in [2.24, 2.45) is 0 Å². The monoisotopic (exact) mass is 295 g/mol. The first-order chi connectivity index (χ1) is 9.75. The number of ether oxygens (including phenoxy) is 1. The van der Waals surface area contributed by atoms with Crippen LogP contribution in [0.15, 0.2) is 18.2 Å². The summed E-state index contributed by atoms with van der Waals surface area (Å²) in [5.74, 6) is -0.327. The average Bonchev–Trinajstić information content (AvgIpc) is 2.74. The predicted octanol–water partition coefficient (Wildman–Crippen LogP) is 2.70. The topological polar surface area (TPSA) is 49.8 Å². The second kappa shape index (κ2) is 6.02. The molecule has 4 nitrogen and oxygen atoms in total. The molecule has 0 bridgehead atoms. The van der Waals surface area contributed by atoms with Gasteiger partial charge >= 0.3 is 5.97 Å². The highest BCUT2D eigenvalue weighted by Crippen LogP contribution is 2.30. The first kappa shape index (κ1) is 15.8. The third kappa shape index (κ3) is 4.17. The number of hydrogen-bond acceptors (Lipinski definition) is 3. The SMILES string of the molecule is CC(C)(C)N(CCC(=O)O)CC1Cc2cc(F)ccc2O1. The minimum Gasteiger partial charge on any atom is -0.488 e. The van der Waals surface area contributed by atoms with E-state index in [1.54, 1.807) is 6.07 Å². The molecule has 2 rings (SSSR count). The van der Waals surface area contributed by atoms with Crippen LogP contribution < -0.4 is 4.74 Å². The number of hydrogen-bond donors (Lipinski definition) is 1. The quantitative estimate of drug-likeness (QED) is 0.907. The molecule has 21 heavy (non-hydrogen) atoms. The molecule has 1 N–H and O–H groups in total. The van der Waals surface area contributed by atoms with Crippen LogP contribution >= 0.6 is 0 Å². The lowest BCUT2D eigenvalue weighted by molar-refractivity contribution is -0.137. The summed E-state index contributed by atoms with van der Waals surface area (Å²) in [4.78, 5) is 12.9. The third-order valence-electron chi connectivity index (χ3n) is 3.73. The summed E-state index contributed by atoms with van der Waals surface area (Å²) in [6.45, 7) is 7.26. The molecule has 1 aromatic rings. The summed E-state index contributed by atoms with van der Waals surface area (Å²) in [6.07, 6.45) is 0.702. The Morgan fingerprint density at radius 1 is 1.48 bits per heavy atom. The third-order valence-corrected chi connectivity index (χ3v) is 3.73. The minimum absolute atomic E-state index is 0.0604. The van der Waals surface area contributed by atoms with Gasteiger partial charge in [-0.2, -0.15) is 0 Å². The number of carboxylic acids is 1. The zero-order valence-electron chi connectivity index (χ0n) is 12.7. The molecule has 0 saturated carbocycles. The molecular weight excluding hydrogens is 273 g/mol. The lowest BCUT2D eigenvalue weighted by Gasteiger charge is -2.36. The Morgan fingerprint density at radius 3 is 2.81 bits per heavy atom. The normalized spacial score (nSPS) is 17.7. The van der Waals surface area contributed by atoms with E-state index in [0.29, 0.717) is 19.5 Å². The van der Waals surface area contributed by atoms with Gasteiger partial charge in [0, 0.05) is 30.6 Å². The number of fused-ring (bicyclic) bond motifs is 1. The fourth-order valence-corrected chi connectivity index (χ4v) is 2.57. The highest BCUT2D eigenvalue weighted by molar-refractivity contribution is 5.66. The van der Waals surface area contributed by atoms with Gasteiger partial charge < -0.3 is 9.84 Å². The average molecular weight is 295 g/mol. The molecular formula is C16H22FNO3. The van der Waals surface area contributed by atoms with E-state index in [1.807, 2.05) is 0 Å². The summed E-state index contributed by atoms with van der Waals surface area (Å²) in [7, 11) is 0. The molecule has 0 aromatic heterocycles. The van der Waals surface area contributed by atoms with E-state index in [-0.39, 0.29) is 23.9 Å². The fourth-order valence-electron chi connectivity index (χ4n) is 2.57. The van der Waals surface area contributed by atoms with Crippen LogP contribution in [0.3, 0.4) is 0 Å². The Hall–Kier alpha value is -1.62. The molecule has 1 aliphatic rings. The number of carboxylic acid groups (broad SMARTS) is 1. The zero-order chi connectivity index (χ0) is 15.6. The van der Waals surface area contributed by atoms with Gasteiger partial charge in [-0.25, -0.2) is 4.39 Å². The van der Waals surface area contributed by atoms with Crippen LogP contribution in [0, 0.1) is 5.82 Å². The van der Waals surface area contributed by atoms with Crippen LogP contribution in [0.5, 0.6) is 5.75 Å². The van der Waals surface area contributed by atoms with Gasteiger partial charge in [-0.05, 0) is 39.0 Å². The molecule has 0 saturated heterocycles. The van der Waals surface area contributed by atoms with E-state index < -0.39 is 5.97 Å². The van der Waals surface area contributed by atoms with Gasteiger partial charge in [-0.1, -0.05) is 0 Å². The predicted molar refractivity (Wildman–Crippen MR) is 78.1 cm³/mol. The highest BCUT2D eigenvalue weighted by Gasteiger charge is 2.29. The van der Waals surface area contributed by atoms with Gasteiger partial charge in [0.25, 0.3) is 0 Å². The number of benzene rings is 1. The van der Waals surface area contributed by atoms with Crippen LogP contribution in [0.1, 0.15) is 32.8 Å². The number of halogens is 1.